The number of carboxylic acids is 1. The number of nitrogens with one attached hydrogen (secondary N) is 1. The molecule has 0 fully saturated rings. The van der Waals surface area contributed by atoms with Gasteiger partial charge in [0.1, 0.15) is 28.7 Å². The Morgan fingerprint density at radius 2 is 2.20 bits per heavy atom. The number of benzene rings is 1. The quantitative estimate of drug-likeness (QED) is 0.880. The second-order valence-electron chi connectivity index (χ2n) is 4.19. The Balaban J connectivity index is 2.13. The summed E-state index contributed by atoms with van der Waals surface area (Å²) < 4.78 is 23.4. The van der Waals surface area contributed by atoms with Crippen LogP contribution in [0.3, 0.4) is 0 Å². The van der Waals surface area contributed by atoms with Crippen molar-refractivity contribution in [2.45, 2.75) is 13.5 Å². The molecule has 0 aliphatic carbocycles. The predicted octanol–water partition coefficient (Wildman–Crippen LogP) is 3.05. The summed E-state index contributed by atoms with van der Waals surface area (Å²) in [5.74, 6) is -0.232. The van der Waals surface area contributed by atoms with E-state index in [1.54, 1.807) is 13.0 Å². The zero-order chi connectivity index (χ0) is 14.7. The highest BCUT2D eigenvalue weighted by Gasteiger charge is 2.14. The molecule has 0 saturated heterocycles. The number of aryl methyl sites for hydroxylation is 1. The van der Waals surface area contributed by atoms with Crippen LogP contribution in [-0.4, -0.2) is 18.2 Å². The molecule has 0 bridgehead atoms. The van der Waals surface area contributed by atoms with Gasteiger partial charge in [-0.3, -0.25) is 0 Å². The van der Waals surface area contributed by atoms with E-state index < -0.39 is 11.8 Å². The Hall–Kier alpha value is -2.50. The molecule has 0 saturated carbocycles. The second kappa shape index (κ2) is 5.64. The highest BCUT2D eigenvalue weighted by molar-refractivity contribution is 5.88. The van der Waals surface area contributed by atoms with Gasteiger partial charge in [-0.1, -0.05) is 0 Å². The first-order valence-electron chi connectivity index (χ1n) is 5.91. The third-order valence-electron chi connectivity index (χ3n) is 2.82. The standard InChI is InChI=1S/C14H14FNO4/c1-8-11(14(17)18)6-10(20-8)7-16-12-4-3-9(15)5-13(12)19-2/h3-6,16H,7H2,1-2H3,(H,17,18). The summed E-state index contributed by atoms with van der Waals surface area (Å²) in [6.45, 7) is 1.86. The van der Waals surface area contributed by atoms with E-state index in [4.69, 9.17) is 14.3 Å². The number of methoxy groups -OCH3 is 1. The van der Waals surface area contributed by atoms with E-state index in [2.05, 4.69) is 5.32 Å². The summed E-state index contributed by atoms with van der Waals surface area (Å²) in [4.78, 5) is 10.9. The zero-order valence-corrected chi connectivity index (χ0v) is 11.1. The number of furan rings is 1. The number of ether oxygens (including phenoxy) is 1. The third-order valence-corrected chi connectivity index (χ3v) is 2.82. The molecule has 0 amide bonds. The van der Waals surface area contributed by atoms with Crippen LogP contribution in [-0.2, 0) is 6.54 Å². The molecule has 2 rings (SSSR count). The minimum Gasteiger partial charge on any atom is -0.494 e. The van der Waals surface area contributed by atoms with E-state index >= 15 is 0 Å². The van der Waals surface area contributed by atoms with Crippen molar-refractivity contribution in [1.82, 2.24) is 0 Å². The average molecular weight is 279 g/mol. The lowest BCUT2D eigenvalue weighted by Gasteiger charge is -2.09. The number of hydrogen-bond acceptors (Lipinski definition) is 4. The van der Waals surface area contributed by atoms with Gasteiger partial charge in [0, 0.05) is 6.07 Å². The van der Waals surface area contributed by atoms with Crippen molar-refractivity contribution >= 4 is 11.7 Å². The summed E-state index contributed by atoms with van der Waals surface area (Å²) >= 11 is 0. The summed E-state index contributed by atoms with van der Waals surface area (Å²) in [5, 5.41) is 11.9. The fraction of sp³-hybridized carbons (Fsp3) is 0.214. The van der Waals surface area contributed by atoms with Crippen molar-refractivity contribution in [1.29, 1.82) is 0 Å². The lowest BCUT2D eigenvalue weighted by molar-refractivity contribution is 0.0695. The van der Waals surface area contributed by atoms with E-state index in [-0.39, 0.29) is 12.1 Å². The van der Waals surface area contributed by atoms with Gasteiger partial charge in [0.15, 0.2) is 0 Å². The summed E-state index contributed by atoms with van der Waals surface area (Å²) in [6.07, 6.45) is 0. The number of rotatable bonds is 5. The number of halogens is 1. The van der Waals surface area contributed by atoms with Gasteiger partial charge in [0.2, 0.25) is 0 Å². The van der Waals surface area contributed by atoms with Crippen LogP contribution in [0.2, 0.25) is 0 Å². The highest BCUT2D eigenvalue weighted by atomic mass is 19.1. The summed E-state index contributed by atoms with van der Waals surface area (Å²) in [6, 6.07) is 5.57. The summed E-state index contributed by atoms with van der Waals surface area (Å²) in [5.41, 5.74) is 0.729. The third kappa shape index (κ3) is 2.90. The predicted molar refractivity (Wildman–Crippen MR) is 70.7 cm³/mol. The van der Waals surface area contributed by atoms with Gasteiger partial charge in [-0.2, -0.15) is 0 Å². The number of anilines is 1. The van der Waals surface area contributed by atoms with Gasteiger partial charge in [-0.25, -0.2) is 9.18 Å². The highest BCUT2D eigenvalue weighted by Crippen LogP contribution is 2.26. The van der Waals surface area contributed by atoms with Crippen LogP contribution < -0.4 is 10.1 Å². The second-order valence-corrected chi connectivity index (χ2v) is 4.19. The normalized spacial score (nSPS) is 10.3. The average Bonchev–Trinajstić information content (AvgIpc) is 2.78. The Morgan fingerprint density at radius 3 is 2.80 bits per heavy atom. The molecule has 5 nitrogen and oxygen atoms in total. The van der Waals surface area contributed by atoms with Crippen LogP contribution >= 0.6 is 0 Å². The molecule has 0 aliphatic rings. The van der Waals surface area contributed by atoms with Crippen molar-refractivity contribution in [3.05, 3.63) is 47.2 Å². The van der Waals surface area contributed by atoms with Crippen molar-refractivity contribution in [3.8, 4) is 5.75 Å². The van der Waals surface area contributed by atoms with E-state index in [0.29, 0.717) is 23.0 Å². The maximum atomic E-state index is 13.1. The van der Waals surface area contributed by atoms with Crippen LogP contribution in [0, 0.1) is 12.7 Å². The zero-order valence-electron chi connectivity index (χ0n) is 11.1. The molecule has 106 valence electrons. The fourth-order valence-electron chi connectivity index (χ4n) is 1.84. The first-order valence-corrected chi connectivity index (χ1v) is 5.91. The SMILES string of the molecule is COc1cc(F)ccc1NCc1cc(C(=O)O)c(C)o1. The monoisotopic (exact) mass is 279 g/mol. The van der Waals surface area contributed by atoms with Crippen molar-refractivity contribution in [3.63, 3.8) is 0 Å². The van der Waals surface area contributed by atoms with Crippen LogP contribution in [0.25, 0.3) is 0 Å². The van der Waals surface area contributed by atoms with Gasteiger partial charge in [0.05, 0.1) is 19.3 Å². The van der Waals surface area contributed by atoms with Crippen LogP contribution in [0.15, 0.2) is 28.7 Å². The van der Waals surface area contributed by atoms with Crippen molar-refractivity contribution in [2.75, 3.05) is 12.4 Å². The van der Waals surface area contributed by atoms with Gasteiger partial charge in [0.25, 0.3) is 0 Å². The first kappa shape index (κ1) is 13.9. The lowest BCUT2D eigenvalue weighted by atomic mass is 10.2. The molecule has 0 spiro atoms. The Bertz CT molecular complexity index is 636. The number of carbonyl (C=O) groups is 1. The molecule has 0 atom stereocenters. The minimum atomic E-state index is -1.03. The molecule has 0 unspecified atom stereocenters. The molecule has 0 aliphatic heterocycles. The molecule has 1 aromatic heterocycles. The fourth-order valence-corrected chi connectivity index (χ4v) is 1.84. The first-order chi connectivity index (χ1) is 9.51. The van der Waals surface area contributed by atoms with Gasteiger partial charge in [-0.15, -0.1) is 0 Å². The van der Waals surface area contributed by atoms with Crippen molar-refractivity contribution in [2.24, 2.45) is 0 Å². The molecule has 1 aromatic carbocycles. The molecule has 6 heteroatoms. The molecular weight excluding hydrogens is 265 g/mol. The van der Waals surface area contributed by atoms with E-state index in [9.17, 15) is 9.18 Å². The minimum absolute atomic E-state index is 0.132. The molecule has 1 heterocycles. The van der Waals surface area contributed by atoms with Crippen LogP contribution in [0.5, 0.6) is 5.75 Å². The molecule has 0 radical (unpaired) electrons. The topological polar surface area (TPSA) is 71.7 Å². The van der Waals surface area contributed by atoms with Gasteiger partial charge < -0.3 is 19.6 Å². The maximum Gasteiger partial charge on any atom is 0.339 e. The molecule has 20 heavy (non-hydrogen) atoms. The molecular formula is C14H14FNO4. The van der Waals surface area contributed by atoms with Gasteiger partial charge >= 0.3 is 5.97 Å². The number of carboxylic acid groups (broad SMARTS) is 1. The smallest absolute Gasteiger partial charge is 0.339 e. The lowest BCUT2D eigenvalue weighted by Crippen LogP contribution is -2.01. The number of aromatic carboxylic acids is 1. The molecule has 2 aromatic rings. The summed E-state index contributed by atoms with van der Waals surface area (Å²) in [7, 11) is 1.44. The Morgan fingerprint density at radius 1 is 1.45 bits per heavy atom. The van der Waals surface area contributed by atoms with E-state index in [1.165, 1.54) is 25.3 Å². The number of hydrogen-bond donors (Lipinski definition) is 2. The van der Waals surface area contributed by atoms with Gasteiger partial charge in [-0.05, 0) is 25.1 Å². The van der Waals surface area contributed by atoms with E-state index in [1.807, 2.05) is 0 Å². The van der Waals surface area contributed by atoms with Crippen molar-refractivity contribution < 1.29 is 23.4 Å². The Labute approximate surface area is 115 Å². The largest absolute Gasteiger partial charge is 0.494 e. The molecule has 2 N–H and O–H groups in total. The Kier molecular flexibility index (Phi) is 3.93. The van der Waals surface area contributed by atoms with Crippen LogP contribution in [0.4, 0.5) is 10.1 Å². The van der Waals surface area contributed by atoms with E-state index in [0.717, 1.165) is 0 Å². The maximum absolute atomic E-state index is 13.1. The van der Waals surface area contributed by atoms with Crippen LogP contribution in [0.1, 0.15) is 21.9 Å².